The smallest absolute Gasteiger partial charge is 0.290 e. The minimum Gasteiger partial charge on any atom is -0.350 e. The molecule has 2 aromatic heterocycles. The number of amides is 2. The molecule has 2 heterocycles. The number of aromatic nitrogens is 2. The molecule has 0 aliphatic rings. The lowest BCUT2D eigenvalue weighted by Gasteiger charge is -2.20. The molecule has 0 bridgehead atoms. The van der Waals surface area contributed by atoms with Gasteiger partial charge < -0.3 is 15.2 Å². The van der Waals surface area contributed by atoms with Gasteiger partial charge in [-0.2, -0.15) is 5.26 Å². The molecular weight excluding hydrogens is 466 g/mol. The third-order valence-electron chi connectivity index (χ3n) is 5.87. The van der Waals surface area contributed by atoms with E-state index in [9.17, 15) is 14.9 Å². The van der Waals surface area contributed by atoms with Gasteiger partial charge >= 0.3 is 0 Å². The molecule has 0 aliphatic carbocycles. The molecule has 8 heteroatoms. The molecule has 0 saturated heterocycles. The monoisotopic (exact) mass is 493 g/mol. The third-order valence-corrected chi connectivity index (χ3v) is 5.87. The number of anilines is 1. The fourth-order valence-electron chi connectivity index (χ4n) is 3.72. The number of hydrogen-bond donors (Lipinski definition) is 2. The highest BCUT2D eigenvalue weighted by atomic mass is 16.5. The van der Waals surface area contributed by atoms with E-state index in [4.69, 9.17) is 4.52 Å². The van der Waals surface area contributed by atoms with Crippen LogP contribution in [0.1, 0.15) is 63.9 Å². The third kappa shape index (κ3) is 6.08. The number of carbonyl (C=O) groups excluding carboxylic acids is 2. The largest absolute Gasteiger partial charge is 0.350 e. The molecule has 0 aliphatic heterocycles. The summed E-state index contributed by atoms with van der Waals surface area (Å²) in [5, 5.41) is 19.2. The van der Waals surface area contributed by atoms with E-state index < -0.39 is 5.91 Å². The lowest BCUT2D eigenvalue weighted by atomic mass is 9.85. The van der Waals surface area contributed by atoms with Crippen LogP contribution in [0.5, 0.6) is 0 Å². The van der Waals surface area contributed by atoms with Gasteiger partial charge in [0.1, 0.15) is 5.69 Å². The Kier molecular flexibility index (Phi) is 7.16. The predicted octanol–water partition coefficient (Wildman–Crippen LogP) is 5.40. The maximum Gasteiger partial charge on any atom is 0.290 e. The van der Waals surface area contributed by atoms with Gasteiger partial charge in [-0.15, -0.1) is 0 Å². The number of nitriles is 1. The lowest BCUT2D eigenvalue weighted by Crippen LogP contribution is -2.22. The van der Waals surface area contributed by atoms with Crippen molar-refractivity contribution in [2.45, 2.75) is 39.7 Å². The van der Waals surface area contributed by atoms with E-state index in [0.29, 0.717) is 34.6 Å². The zero-order valence-corrected chi connectivity index (χ0v) is 21.1. The normalized spacial score (nSPS) is 11.0. The second-order valence-corrected chi connectivity index (χ2v) is 9.77. The average Bonchev–Trinajstić information content (AvgIpc) is 3.38. The van der Waals surface area contributed by atoms with Crippen LogP contribution < -0.4 is 10.6 Å². The van der Waals surface area contributed by atoms with Crippen LogP contribution in [0, 0.1) is 18.3 Å². The van der Waals surface area contributed by atoms with Gasteiger partial charge in [0.25, 0.3) is 11.8 Å². The Morgan fingerprint density at radius 1 is 1.05 bits per heavy atom. The van der Waals surface area contributed by atoms with E-state index in [2.05, 4.69) is 26.8 Å². The van der Waals surface area contributed by atoms with E-state index in [-0.39, 0.29) is 17.1 Å². The summed E-state index contributed by atoms with van der Waals surface area (Å²) in [5.41, 5.74) is 5.03. The number of nitrogens with zero attached hydrogens (tertiary/aromatic N) is 3. The van der Waals surface area contributed by atoms with E-state index in [1.807, 2.05) is 39.8 Å². The predicted molar refractivity (Wildman–Crippen MR) is 140 cm³/mol. The zero-order chi connectivity index (χ0) is 26.6. The van der Waals surface area contributed by atoms with Crippen molar-refractivity contribution in [2.75, 3.05) is 5.32 Å². The van der Waals surface area contributed by atoms with Crippen molar-refractivity contribution in [2.24, 2.45) is 0 Å². The molecule has 0 spiro atoms. The summed E-state index contributed by atoms with van der Waals surface area (Å²) < 4.78 is 5.29. The maximum atomic E-state index is 13.1. The Labute approximate surface area is 215 Å². The first kappa shape index (κ1) is 25.3. The van der Waals surface area contributed by atoms with Gasteiger partial charge in [0.05, 0.1) is 11.6 Å². The number of rotatable bonds is 6. The number of aryl methyl sites for hydroxylation is 1. The highest BCUT2D eigenvalue weighted by molar-refractivity contribution is 6.05. The summed E-state index contributed by atoms with van der Waals surface area (Å²) in [6.45, 7) is 8.31. The van der Waals surface area contributed by atoms with Gasteiger partial charge in [-0.05, 0) is 65.4 Å². The Bertz CT molecular complexity index is 1490. The first-order valence-corrected chi connectivity index (χ1v) is 11.8. The van der Waals surface area contributed by atoms with Crippen molar-refractivity contribution in [1.82, 2.24) is 15.5 Å². The summed E-state index contributed by atoms with van der Waals surface area (Å²) >= 11 is 0. The van der Waals surface area contributed by atoms with Crippen LogP contribution in [0.4, 0.5) is 5.69 Å². The molecule has 2 amide bonds. The number of benzene rings is 2. The highest BCUT2D eigenvalue weighted by Crippen LogP contribution is 2.28. The quantitative estimate of drug-likeness (QED) is 0.371. The first-order chi connectivity index (χ1) is 17.6. The summed E-state index contributed by atoms with van der Waals surface area (Å²) in [6, 6.07) is 18.0. The molecule has 4 aromatic rings. The first-order valence-electron chi connectivity index (χ1n) is 11.8. The minimum atomic E-state index is -0.392. The number of carbonyl (C=O) groups is 2. The van der Waals surface area contributed by atoms with Crippen LogP contribution in [0.15, 0.2) is 71.5 Å². The number of nitrogens with one attached hydrogen (secondary N) is 2. The van der Waals surface area contributed by atoms with Gasteiger partial charge in [0.15, 0.2) is 0 Å². The standard InChI is InChI=1S/C29H27N5O3/c1-18-7-8-23(33-27(35)21-10-20(15-30)11-22(12-21)29(2,3)4)13-24(18)25-14-26(37-34-25)28(36)32-17-19-6-5-9-31-16-19/h5-14,16H,17H2,1-4H3,(H,32,36)(H,33,35). The molecule has 4 rings (SSSR count). The van der Waals surface area contributed by atoms with Crippen molar-refractivity contribution in [3.63, 3.8) is 0 Å². The van der Waals surface area contributed by atoms with Crippen molar-refractivity contribution < 1.29 is 14.1 Å². The fraction of sp³-hybridized carbons (Fsp3) is 0.207. The van der Waals surface area contributed by atoms with Gasteiger partial charge in [0, 0.05) is 41.8 Å². The zero-order valence-electron chi connectivity index (χ0n) is 21.1. The fourth-order valence-corrected chi connectivity index (χ4v) is 3.72. The molecular formula is C29H27N5O3. The summed E-state index contributed by atoms with van der Waals surface area (Å²) in [4.78, 5) is 29.6. The van der Waals surface area contributed by atoms with Crippen LogP contribution in [0.3, 0.4) is 0 Å². The maximum absolute atomic E-state index is 13.1. The molecule has 0 radical (unpaired) electrons. The van der Waals surface area contributed by atoms with Gasteiger partial charge in [-0.1, -0.05) is 38.1 Å². The van der Waals surface area contributed by atoms with Crippen LogP contribution in [-0.4, -0.2) is 22.0 Å². The summed E-state index contributed by atoms with van der Waals surface area (Å²) in [5.74, 6) is -0.638. The van der Waals surface area contributed by atoms with Gasteiger partial charge in [-0.25, -0.2) is 0 Å². The molecule has 0 atom stereocenters. The molecule has 37 heavy (non-hydrogen) atoms. The van der Waals surface area contributed by atoms with E-state index in [1.165, 1.54) is 0 Å². The minimum absolute atomic E-state index is 0.0794. The number of hydrogen-bond acceptors (Lipinski definition) is 6. The molecule has 186 valence electrons. The van der Waals surface area contributed by atoms with Crippen molar-refractivity contribution in [3.05, 3.63) is 101 Å². The van der Waals surface area contributed by atoms with E-state index in [1.54, 1.807) is 54.9 Å². The summed E-state index contributed by atoms with van der Waals surface area (Å²) in [6.07, 6.45) is 3.34. The van der Waals surface area contributed by atoms with Crippen LogP contribution in [0.2, 0.25) is 0 Å². The van der Waals surface area contributed by atoms with Crippen molar-refractivity contribution in [3.8, 4) is 17.3 Å². The Hall–Kier alpha value is -4.77. The van der Waals surface area contributed by atoms with Crippen LogP contribution >= 0.6 is 0 Å². The molecule has 0 fully saturated rings. The van der Waals surface area contributed by atoms with E-state index >= 15 is 0 Å². The molecule has 0 saturated carbocycles. The van der Waals surface area contributed by atoms with Crippen LogP contribution in [-0.2, 0) is 12.0 Å². The molecule has 0 unspecified atom stereocenters. The molecule has 2 aromatic carbocycles. The Balaban J connectivity index is 1.52. The second-order valence-electron chi connectivity index (χ2n) is 9.77. The topological polar surface area (TPSA) is 121 Å². The van der Waals surface area contributed by atoms with Gasteiger partial charge in [-0.3, -0.25) is 14.6 Å². The van der Waals surface area contributed by atoms with Crippen LogP contribution in [0.25, 0.3) is 11.3 Å². The number of pyridine rings is 1. The SMILES string of the molecule is Cc1ccc(NC(=O)c2cc(C#N)cc(C(C)(C)C)c2)cc1-c1cc(C(=O)NCc2cccnc2)on1. The molecule has 8 nitrogen and oxygen atoms in total. The van der Waals surface area contributed by atoms with E-state index in [0.717, 1.165) is 16.7 Å². The summed E-state index contributed by atoms with van der Waals surface area (Å²) in [7, 11) is 0. The Morgan fingerprint density at radius 3 is 2.57 bits per heavy atom. The van der Waals surface area contributed by atoms with Crippen molar-refractivity contribution >= 4 is 17.5 Å². The lowest BCUT2D eigenvalue weighted by molar-refractivity contribution is 0.0913. The second kappa shape index (κ2) is 10.5. The van der Waals surface area contributed by atoms with Crippen molar-refractivity contribution in [1.29, 1.82) is 5.26 Å². The Morgan fingerprint density at radius 2 is 1.86 bits per heavy atom. The highest BCUT2D eigenvalue weighted by Gasteiger charge is 2.19. The average molecular weight is 494 g/mol. The van der Waals surface area contributed by atoms with Gasteiger partial charge in [0.2, 0.25) is 5.76 Å². The molecule has 2 N–H and O–H groups in total.